The first-order valence-electron chi connectivity index (χ1n) is 3.77. The maximum atomic E-state index is 5.26. The summed E-state index contributed by atoms with van der Waals surface area (Å²) in [7, 11) is 0. The van der Waals surface area contributed by atoms with E-state index in [0.717, 1.165) is 0 Å². The van der Waals surface area contributed by atoms with Gasteiger partial charge in [-0.05, 0) is 0 Å². The molecular formula is C8H18NPS. The Morgan fingerprint density at radius 1 is 1.45 bits per heavy atom. The van der Waals surface area contributed by atoms with E-state index in [1.54, 1.807) is 0 Å². The second-order valence-electron chi connectivity index (χ2n) is 3.43. The molecule has 0 aliphatic heterocycles. The van der Waals surface area contributed by atoms with Gasteiger partial charge in [-0.15, -0.1) is 0 Å². The fraction of sp³-hybridized carbons (Fsp3) is 0.750. The summed E-state index contributed by atoms with van der Waals surface area (Å²) in [6, 6.07) is 2.57. The molecule has 0 radical (unpaired) electrons. The topological polar surface area (TPSA) is 26.0 Å². The van der Waals surface area contributed by atoms with Gasteiger partial charge in [-0.25, -0.2) is 0 Å². The molecule has 0 aliphatic rings. The summed E-state index contributed by atoms with van der Waals surface area (Å²) in [4.78, 5) is 0. The Hall–Kier alpha value is 0.140. The molecular weight excluding hydrogens is 173 g/mol. The minimum atomic E-state index is -1.75. The Bertz CT molecular complexity index is 190. The summed E-state index contributed by atoms with van der Waals surface area (Å²) in [6.07, 6.45) is 4.54. The van der Waals surface area contributed by atoms with Crippen LogP contribution in [0.15, 0.2) is 0 Å². The summed E-state index contributed by atoms with van der Waals surface area (Å²) in [5, 5.41) is 0. The molecule has 11 heavy (non-hydrogen) atoms. The molecule has 0 spiro atoms. The zero-order valence-corrected chi connectivity index (χ0v) is 9.56. The molecule has 0 aromatic heterocycles. The monoisotopic (exact) mass is 191 g/mol. The third-order valence-electron chi connectivity index (χ3n) is 1.87. The first-order valence-corrected chi connectivity index (χ1v) is 8.92. The van der Waals surface area contributed by atoms with E-state index < -0.39 is 5.81 Å². The maximum absolute atomic E-state index is 5.26. The third-order valence-corrected chi connectivity index (χ3v) is 9.95. The SMILES string of the molecule is CCCP(C)(C)(C#CN)SC. The van der Waals surface area contributed by atoms with Gasteiger partial charge in [0.05, 0.1) is 0 Å². The molecule has 0 saturated heterocycles. The van der Waals surface area contributed by atoms with Crippen molar-refractivity contribution in [3.05, 3.63) is 0 Å². The van der Waals surface area contributed by atoms with Crippen LogP contribution >= 0.6 is 17.2 Å². The first kappa shape index (κ1) is 11.1. The average molecular weight is 191 g/mol. The second-order valence-corrected chi connectivity index (χ2v) is 13.6. The Kier molecular flexibility index (Phi) is 3.74. The molecule has 0 bridgehead atoms. The van der Waals surface area contributed by atoms with Gasteiger partial charge in [0.2, 0.25) is 0 Å². The van der Waals surface area contributed by atoms with Crippen molar-refractivity contribution in [2.75, 3.05) is 25.7 Å². The summed E-state index contributed by atoms with van der Waals surface area (Å²) in [6.45, 7) is 6.75. The van der Waals surface area contributed by atoms with Crippen molar-refractivity contribution < 1.29 is 0 Å². The van der Waals surface area contributed by atoms with E-state index in [0.29, 0.717) is 0 Å². The standard InChI is InChI=1S/C8H18NPS/c1-5-7-10(2,3,11-4)8-6-9/h5,7,9H2,1-4H3. The predicted molar refractivity (Wildman–Crippen MR) is 59.4 cm³/mol. The average Bonchev–Trinajstić information content (AvgIpc) is 1.89. The molecule has 0 aromatic rings. The zero-order chi connectivity index (χ0) is 8.98. The van der Waals surface area contributed by atoms with Crippen LogP contribution in [0.25, 0.3) is 0 Å². The van der Waals surface area contributed by atoms with Gasteiger partial charge in [0.15, 0.2) is 0 Å². The van der Waals surface area contributed by atoms with Gasteiger partial charge in [-0.1, -0.05) is 0 Å². The van der Waals surface area contributed by atoms with Gasteiger partial charge in [0.25, 0.3) is 0 Å². The molecule has 0 atom stereocenters. The van der Waals surface area contributed by atoms with Crippen LogP contribution in [0.3, 0.4) is 0 Å². The van der Waals surface area contributed by atoms with Gasteiger partial charge in [0, 0.05) is 0 Å². The number of hydrogen-bond acceptors (Lipinski definition) is 2. The molecule has 0 aliphatic carbocycles. The summed E-state index contributed by atoms with van der Waals surface area (Å²) in [5.74, 6) is -1.75. The Morgan fingerprint density at radius 3 is 2.27 bits per heavy atom. The van der Waals surface area contributed by atoms with Gasteiger partial charge >= 0.3 is 73.7 Å². The Balaban J connectivity index is 4.59. The number of rotatable bonds is 3. The van der Waals surface area contributed by atoms with Crippen LogP contribution in [-0.4, -0.2) is 25.7 Å². The van der Waals surface area contributed by atoms with Gasteiger partial charge < -0.3 is 0 Å². The van der Waals surface area contributed by atoms with Crippen molar-refractivity contribution in [3.8, 4) is 11.7 Å². The van der Waals surface area contributed by atoms with Gasteiger partial charge in [0.1, 0.15) is 0 Å². The van der Waals surface area contributed by atoms with E-state index in [1.165, 1.54) is 12.6 Å². The van der Waals surface area contributed by atoms with Crippen LogP contribution < -0.4 is 5.73 Å². The fourth-order valence-corrected chi connectivity index (χ4v) is 4.66. The van der Waals surface area contributed by atoms with Gasteiger partial charge in [-0.3, -0.25) is 0 Å². The van der Waals surface area contributed by atoms with E-state index in [9.17, 15) is 0 Å². The molecule has 0 unspecified atom stereocenters. The molecule has 66 valence electrons. The third kappa shape index (κ3) is 3.36. The molecule has 3 heteroatoms. The van der Waals surface area contributed by atoms with E-state index in [2.05, 4.69) is 38.2 Å². The molecule has 0 heterocycles. The van der Waals surface area contributed by atoms with Crippen LogP contribution in [0.4, 0.5) is 0 Å². The molecule has 0 amide bonds. The van der Waals surface area contributed by atoms with Crippen molar-refractivity contribution in [2.24, 2.45) is 5.73 Å². The fourth-order valence-electron chi connectivity index (χ4n) is 1.04. The van der Waals surface area contributed by atoms with Crippen molar-refractivity contribution >= 4 is 17.2 Å². The van der Waals surface area contributed by atoms with Crippen molar-refractivity contribution in [1.29, 1.82) is 0 Å². The zero-order valence-electron chi connectivity index (χ0n) is 7.85. The molecule has 0 rings (SSSR count). The molecule has 0 fully saturated rings. The first-order chi connectivity index (χ1) is 4.96. The number of nitrogens with two attached hydrogens (primary N) is 1. The van der Waals surface area contributed by atoms with Crippen LogP contribution in [0.5, 0.6) is 0 Å². The molecule has 0 aromatic carbocycles. The van der Waals surface area contributed by atoms with Crippen LogP contribution in [-0.2, 0) is 0 Å². The molecule has 1 nitrogen and oxygen atoms in total. The van der Waals surface area contributed by atoms with Crippen LogP contribution in [0.1, 0.15) is 13.3 Å². The summed E-state index contributed by atoms with van der Waals surface area (Å²) < 4.78 is 0. The van der Waals surface area contributed by atoms with Gasteiger partial charge in [-0.2, -0.15) is 0 Å². The minimum absolute atomic E-state index is 1.19. The Morgan fingerprint density at radius 2 is 2.00 bits per heavy atom. The van der Waals surface area contributed by atoms with Crippen molar-refractivity contribution in [1.82, 2.24) is 0 Å². The van der Waals surface area contributed by atoms with E-state index in [4.69, 9.17) is 5.73 Å². The predicted octanol–water partition coefficient (Wildman–Crippen LogP) is 2.36. The molecule has 0 saturated carbocycles. The Labute approximate surface area is 74.2 Å². The van der Waals surface area contributed by atoms with E-state index in [1.807, 2.05) is 11.4 Å². The molecule has 2 N–H and O–H groups in total. The van der Waals surface area contributed by atoms with E-state index >= 15 is 0 Å². The van der Waals surface area contributed by atoms with Crippen LogP contribution in [0, 0.1) is 11.7 Å². The normalized spacial score (nSPS) is 14.4. The van der Waals surface area contributed by atoms with Crippen molar-refractivity contribution in [2.45, 2.75) is 13.3 Å². The second kappa shape index (κ2) is 3.70. The van der Waals surface area contributed by atoms with Crippen molar-refractivity contribution in [3.63, 3.8) is 0 Å². The van der Waals surface area contributed by atoms with Crippen LogP contribution in [0.2, 0.25) is 0 Å². The quantitative estimate of drug-likeness (QED) is 0.421. The van der Waals surface area contributed by atoms with E-state index in [-0.39, 0.29) is 0 Å². The number of hydrogen-bond donors (Lipinski definition) is 1. The summed E-state index contributed by atoms with van der Waals surface area (Å²) >= 11 is 1.90. The summed E-state index contributed by atoms with van der Waals surface area (Å²) in [5.41, 5.74) is 8.47.